The number of rotatable bonds is 5. The van der Waals surface area contributed by atoms with Gasteiger partial charge in [0, 0.05) is 32.6 Å². The summed E-state index contributed by atoms with van der Waals surface area (Å²) in [6.45, 7) is 2.52. The topological polar surface area (TPSA) is 74.5 Å². The zero-order valence-electron chi connectivity index (χ0n) is 15.8. The first-order chi connectivity index (χ1) is 13.1. The molecule has 4 rings (SSSR count). The molecule has 1 saturated heterocycles. The van der Waals surface area contributed by atoms with Crippen molar-refractivity contribution in [3.05, 3.63) is 47.5 Å². The minimum absolute atomic E-state index is 0.0543. The SMILES string of the molecule is CN(CCc1ccccc1)[C@H]1CN(C(=O)c2nnc3n2CCCC3)C[C@@H]1O. The van der Waals surface area contributed by atoms with Crippen LogP contribution in [0.2, 0.25) is 0 Å². The zero-order valence-corrected chi connectivity index (χ0v) is 15.8. The molecule has 1 aromatic carbocycles. The van der Waals surface area contributed by atoms with Gasteiger partial charge in [-0.05, 0) is 31.9 Å². The molecule has 3 heterocycles. The van der Waals surface area contributed by atoms with Crippen LogP contribution < -0.4 is 0 Å². The zero-order chi connectivity index (χ0) is 18.8. The van der Waals surface area contributed by atoms with Crippen molar-refractivity contribution in [2.75, 3.05) is 26.7 Å². The monoisotopic (exact) mass is 369 g/mol. The predicted molar refractivity (Wildman–Crippen MR) is 101 cm³/mol. The molecule has 0 spiro atoms. The number of aliphatic hydroxyl groups is 1. The van der Waals surface area contributed by atoms with Crippen LogP contribution in [0.5, 0.6) is 0 Å². The number of fused-ring (bicyclic) bond motifs is 1. The number of hydrogen-bond donors (Lipinski definition) is 1. The van der Waals surface area contributed by atoms with Crippen LogP contribution in [-0.2, 0) is 19.4 Å². The first-order valence-corrected chi connectivity index (χ1v) is 9.77. The molecule has 144 valence electrons. The lowest BCUT2D eigenvalue weighted by molar-refractivity contribution is 0.0745. The summed E-state index contributed by atoms with van der Waals surface area (Å²) >= 11 is 0. The average Bonchev–Trinajstić information content (AvgIpc) is 3.30. The van der Waals surface area contributed by atoms with Crippen molar-refractivity contribution in [3.8, 4) is 0 Å². The van der Waals surface area contributed by atoms with Crippen molar-refractivity contribution in [1.29, 1.82) is 0 Å². The van der Waals surface area contributed by atoms with Crippen molar-refractivity contribution in [1.82, 2.24) is 24.6 Å². The lowest BCUT2D eigenvalue weighted by atomic mass is 10.1. The van der Waals surface area contributed by atoms with E-state index in [0.717, 1.165) is 44.6 Å². The van der Waals surface area contributed by atoms with E-state index >= 15 is 0 Å². The van der Waals surface area contributed by atoms with Crippen molar-refractivity contribution >= 4 is 5.91 Å². The second-order valence-electron chi connectivity index (χ2n) is 7.61. The number of carbonyl (C=O) groups is 1. The molecular weight excluding hydrogens is 342 g/mol. The van der Waals surface area contributed by atoms with E-state index in [1.807, 2.05) is 29.8 Å². The molecule has 0 unspecified atom stereocenters. The Balaban J connectivity index is 1.39. The summed E-state index contributed by atoms with van der Waals surface area (Å²) in [5.41, 5.74) is 1.28. The number of likely N-dealkylation sites (N-methyl/N-ethyl adjacent to an activating group) is 1. The maximum absolute atomic E-state index is 12.9. The van der Waals surface area contributed by atoms with Gasteiger partial charge in [0.1, 0.15) is 5.82 Å². The molecule has 2 aliphatic heterocycles. The van der Waals surface area contributed by atoms with Crippen molar-refractivity contribution in [3.63, 3.8) is 0 Å². The van der Waals surface area contributed by atoms with E-state index < -0.39 is 6.10 Å². The molecule has 7 heteroatoms. The van der Waals surface area contributed by atoms with E-state index in [0.29, 0.717) is 18.9 Å². The highest BCUT2D eigenvalue weighted by atomic mass is 16.3. The van der Waals surface area contributed by atoms with Crippen LogP contribution >= 0.6 is 0 Å². The van der Waals surface area contributed by atoms with Crippen LogP contribution in [-0.4, -0.2) is 74.4 Å². The Hall–Kier alpha value is -2.25. The van der Waals surface area contributed by atoms with Crippen LogP contribution in [0.25, 0.3) is 0 Å². The summed E-state index contributed by atoms with van der Waals surface area (Å²) in [5, 5.41) is 18.9. The Kier molecular flexibility index (Phi) is 5.22. The third-order valence-electron chi connectivity index (χ3n) is 5.76. The number of amides is 1. The van der Waals surface area contributed by atoms with Crippen molar-refractivity contribution in [2.24, 2.45) is 0 Å². The number of aryl methyl sites for hydroxylation is 1. The van der Waals surface area contributed by atoms with Gasteiger partial charge in [-0.25, -0.2) is 0 Å². The molecule has 0 saturated carbocycles. The molecule has 1 fully saturated rings. The molecule has 27 heavy (non-hydrogen) atoms. The van der Waals surface area contributed by atoms with Gasteiger partial charge < -0.3 is 14.6 Å². The van der Waals surface area contributed by atoms with Crippen LogP contribution in [0.1, 0.15) is 34.8 Å². The van der Waals surface area contributed by atoms with Gasteiger partial charge in [-0.2, -0.15) is 0 Å². The number of benzene rings is 1. The summed E-state index contributed by atoms with van der Waals surface area (Å²) in [5.74, 6) is 1.21. The largest absolute Gasteiger partial charge is 0.390 e. The molecule has 1 aromatic heterocycles. The van der Waals surface area contributed by atoms with Gasteiger partial charge in [0.15, 0.2) is 0 Å². The lowest BCUT2D eigenvalue weighted by Gasteiger charge is -2.26. The first-order valence-electron chi connectivity index (χ1n) is 9.77. The number of carbonyl (C=O) groups excluding carboxylic acids is 1. The number of likely N-dealkylation sites (tertiary alicyclic amines) is 1. The van der Waals surface area contributed by atoms with E-state index in [9.17, 15) is 9.90 Å². The molecule has 1 N–H and O–H groups in total. The van der Waals surface area contributed by atoms with E-state index in [4.69, 9.17) is 0 Å². The summed E-state index contributed by atoms with van der Waals surface area (Å²) in [6, 6.07) is 10.3. The summed E-state index contributed by atoms with van der Waals surface area (Å²) in [6.07, 6.45) is 3.42. The third kappa shape index (κ3) is 3.75. The van der Waals surface area contributed by atoms with Crippen LogP contribution in [0.4, 0.5) is 0 Å². The van der Waals surface area contributed by atoms with E-state index in [1.165, 1.54) is 5.56 Å². The first kappa shape index (κ1) is 18.1. The highest BCUT2D eigenvalue weighted by Crippen LogP contribution is 2.20. The van der Waals surface area contributed by atoms with Gasteiger partial charge in [-0.1, -0.05) is 30.3 Å². The molecule has 1 amide bonds. The number of β-amino-alcohol motifs (C(OH)–C–C–N with tert-alkyl or cyclic N) is 1. The quantitative estimate of drug-likeness (QED) is 0.850. The highest BCUT2D eigenvalue weighted by Gasteiger charge is 2.38. The molecule has 0 bridgehead atoms. The van der Waals surface area contributed by atoms with E-state index in [1.54, 1.807) is 4.90 Å². The summed E-state index contributed by atoms with van der Waals surface area (Å²) < 4.78 is 1.95. The Morgan fingerprint density at radius 2 is 2.04 bits per heavy atom. The van der Waals surface area contributed by atoms with Crippen LogP contribution in [0.3, 0.4) is 0 Å². The number of aromatic nitrogens is 3. The minimum atomic E-state index is -0.543. The van der Waals surface area contributed by atoms with Gasteiger partial charge in [0.25, 0.3) is 5.91 Å². The second kappa shape index (κ2) is 7.78. The molecule has 2 aliphatic rings. The van der Waals surface area contributed by atoms with Gasteiger partial charge >= 0.3 is 0 Å². The van der Waals surface area contributed by atoms with E-state index in [-0.39, 0.29) is 11.9 Å². The summed E-state index contributed by atoms with van der Waals surface area (Å²) in [4.78, 5) is 16.8. The fourth-order valence-corrected chi connectivity index (χ4v) is 4.09. The molecule has 0 aliphatic carbocycles. The molecule has 2 atom stereocenters. The number of hydrogen-bond acceptors (Lipinski definition) is 5. The third-order valence-corrected chi connectivity index (χ3v) is 5.76. The lowest BCUT2D eigenvalue weighted by Crippen LogP contribution is -2.42. The predicted octanol–water partition coefficient (Wildman–Crippen LogP) is 0.974. The van der Waals surface area contributed by atoms with Crippen LogP contribution in [0.15, 0.2) is 30.3 Å². The molecule has 0 radical (unpaired) electrons. The summed E-state index contributed by atoms with van der Waals surface area (Å²) in [7, 11) is 2.02. The smallest absolute Gasteiger partial charge is 0.291 e. The van der Waals surface area contributed by atoms with Gasteiger partial charge in [0.2, 0.25) is 5.82 Å². The number of nitrogens with zero attached hydrogens (tertiary/aromatic N) is 5. The maximum Gasteiger partial charge on any atom is 0.291 e. The van der Waals surface area contributed by atoms with Gasteiger partial charge in [-0.3, -0.25) is 9.69 Å². The van der Waals surface area contributed by atoms with Gasteiger partial charge in [0.05, 0.1) is 12.1 Å². The molecule has 7 nitrogen and oxygen atoms in total. The minimum Gasteiger partial charge on any atom is -0.390 e. The Bertz CT molecular complexity index is 791. The van der Waals surface area contributed by atoms with Crippen molar-refractivity contribution < 1.29 is 9.90 Å². The number of aliphatic hydroxyl groups excluding tert-OH is 1. The van der Waals surface area contributed by atoms with Crippen LogP contribution in [0, 0.1) is 0 Å². The fraction of sp³-hybridized carbons (Fsp3) is 0.550. The van der Waals surface area contributed by atoms with Crippen molar-refractivity contribution in [2.45, 2.75) is 44.4 Å². The Labute approximate surface area is 159 Å². The normalized spacial score (nSPS) is 22.3. The van der Waals surface area contributed by atoms with E-state index in [2.05, 4.69) is 27.2 Å². The molecular formula is C20H27N5O2. The maximum atomic E-state index is 12.9. The average molecular weight is 369 g/mol. The highest BCUT2D eigenvalue weighted by molar-refractivity contribution is 5.91. The second-order valence-corrected chi connectivity index (χ2v) is 7.61. The molecule has 2 aromatic rings. The van der Waals surface area contributed by atoms with Gasteiger partial charge in [-0.15, -0.1) is 10.2 Å². The Morgan fingerprint density at radius 3 is 2.85 bits per heavy atom. The standard InChI is InChI=1S/C20H27N5O2/c1-23(12-10-15-7-3-2-4-8-15)16-13-24(14-17(16)26)20(27)19-22-21-18-9-5-6-11-25(18)19/h2-4,7-8,16-17,26H,5-6,9-14H2,1H3/t16-,17-/m0/s1. The Morgan fingerprint density at radius 1 is 1.22 bits per heavy atom. The fourth-order valence-electron chi connectivity index (χ4n) is 4.09.